The monoisotopic (exact) mass is 362 g/mol. The molecule has 2 aromatic rings. The zero-order valence-electron chi connectivity index (χ0n) is 14.3. The molecule has 2 aromatic carbocycles. The fourth-order valence-electron chi connectivity index (χ4n) is 2.82. The van der Waals surface area contributed by atoms with E-state index in [1.54, 1.807) is 6.07 Å². The number of rotatable bonds is 4. The number of benzene rings is 2. The van der Waals surface area contributed by atoms with Gasteiger partial charge in [-0.05, 0) is 24.1 Å². The number of allylic oxidation sites excluding steroid dienone is 1. The van der Waals surface area contributed by atoms with Gasteiger partial charge in [-0.2, -0.15) is 5.26 Å². The number of nitrogens with two attached hydrogens (primary N) is 1. The standard InChI is InChI=1S/C20H18N4OS/c1-13-17(19(22)25)18(14-7-3-2-4-8-14)24-20(23-13)26-12-16-10-6-5-9-15(16)11-21/h2-10,18H,12H2,1H3,(H2,22,25)(H,23,24)/t18-/m0/s1. The van der Waals surface area contributed by atoms with Crippen molar-refractivity contribution in [2.24, 2.45) is 10.7 Å². The third kappa shape index (κ3) is 3.79. The van der Waals surface area contributed by atoms with Gasteiger partial charge in [0.15, 0.2) is 5.17 Å². The number of nitriles is 1. The van der Waals surface area contributed by atoms with Crippen molar-refractivity contribution in [3.8, 4) is 6.07 Å². The molecule has 1 amide bonds. The maximum Gasteiger partial charge on any atom is 0.248 e. The van der Waals surface area contributed by atoms with Crippen LogP contribution in [0.25, 0.3) is 0 Å². The lowest BCUT2D eigenvalue weighted by atomic mass is 9.96. The molecule has 0 aromatic heterocycles. The largest absolute Gasteiger partial charge is 0.366 e. The number of hydrogen-bond donors (Lipinski definition) is 2. The number of nitrogens with zero attached hydrogens (tertiary/aromatic N) is 2. The van der Waals surface area contributed by atoms with Crippen LogP contribution in [0.3, 0.4) is 0 Å². The number of nitrogens with one attached hydrogen (secondary N) is 1. The molecular weight excluding hydrogens is 344 g/mol. The molecule has 6 heteroatoms. The van der Waals surface area contributed by atoms with Gasteiger partial charge in [-0.3, -0.25) is 4.79 Å². The molecular formula is C20H18N4OS. The lowest BCUT2D eigenvalue weighted by Gasteiger charge is -2.25. The number of carbonyl (C=O) groups is 1. The molecule has 0 fully saturated rings. The van der Waals surface area contributed by atoms with E-state index in [1.807, 2.05) is 55.5 Å². The van der Waals surface area contributed by atoms with Gasteiger partial charge in [-0.25, -0.2) is 4.99 Å². The first kappa shape index (κ1) is 17.8. The summed E-state index contributed by atoms with van der Waals surface area (Å²) in [6.45, 7) is 1.83. The van der Waals surface area contributed by atoms with Gasteiger partial charge in [-0.15, -0.1) is 0 Å². The van der Waals surface area contributed by atoms with Crippen molar-refractivity contribution < 1.29 is 4.79 Å². The highest BCUT2D eigenvalue weighted by atomic mass is 32.2. The predicted octanol–water partition coefficient (Wildman–Crippen LogP) is 3.25. The Hall–Kier alpha value is -3.04. The molecule has 0 aliphatic carbocycles. The van der Waals surface area contributed by atoms with Gasteiger partial charge < -0.3 is 11.1 Å². The normalized spacial score (nSPS) is 16.5. The van der Waals surface area contributed by atoms with E-state index in [1.165, 1.54) is 11.8 Å². The number of thioether (sulfide) groups is 1. The zero-order chi connectivity index (χ0) is 18.5. The molecule has 3 rings (SSSR count). The number of amides is 1. The van der Waals surface area contributed by atoms with Gasteiger partial charge in [0, 0.05) is 11.4 Å². The summed E-state index contributed by atoms with van der Waals surface area (Å²) in [6.07, 6.45) is 0. The molecule has 1 atom stereocenters. The molecule has 1 heterocycles. The molecule has 0 unspecified atom stereocenters. The summed E-state index contributed by atoms with van der Waals surface area (Å²) >= 11 is 1.50. The van der Waals surface area contributed by atoms with Crippen LogP contribution in [0, 0.1) is 11.3 Å². The summed E-state index contributed by atoms with van der Waals surface area (Å²) in [7, 11) is 0. The molecule has 3 N–H and O–H groups in total. The summed E-state index contributed by atoms with van der Waals surface area (Å²) in [5, 5.41) is 13.1. The van der Waals surface area contributed by atoms with Gasteiger partial charge in [0.1, 0.15) is 6.04 Å². The van der Waals surface area contributed by atoms with Crippen molar-refractivity contribution in [2.75, 3.05) is 0 Å². The minimum Gasteiger partial charge on any atom is -0.366 e. The molecule has 0 spiro atoms. The average Bonchev–Trinajstić information content (AvgIpc) is 2.66. The van der Waals surface area contributed by atoms with Gasteiger partial charge in [-0.1, -0.05) is 60.3 Å². The molecule has 1 aliphatic heterocycles. The van der Waals surface area contributed by atoms with Gasteiger partial charge in [0.25, 0.3) is 0 Å². The van der Waals surface area contributed by atoms with Crippen LogP contribution in [0.4, 0.5) is 0 Å². The third-order valence-corrected chi connectivity index (χ3v) is 5.04. The van der Waals surface area contributed by atoms with Crippen molar-refractivity contribution in [1.29, 1.82) is 5.26 Å². The Morgan fingerprint density at radius 3 is 2.62 bits per heavy atom. The van der Waals surface area contributed by atoms with E-state index in [4.69, 9.17) is 10.7 Å². The van der Waals surface area contributed by atoms with Crippen molar-refractivity contribution in [1.82, 2.24) is 5.32 Å². The smallest absolute Gasteiger partial charge is 0.248 e. The minimum absolute atomic E-state index is 0.427. The first-order valence-corrected chi connectivity index (χ1v) is 9.10. The molecule has 0 bridgehead atoms. The summed E-state index contributed by atoms with van der Waals surface area (Å²) < 4.78 is 0. The van der Waals surface area contributed by atoms with Crippen LogP contribution >= 0.6 is 11.8 Å². The van der Waals surface area contributed by atoms with E-state index in [0.717, 1.165) is 11.1 Å². The Bertz CT molecular complexity index is 928. The first-order valence-electron chi connectivity index (χ1n) is 8.11. The van der Waals surface area contributed by atoms with Crippen LogP contribution in [0.2, 0.25) is 0 Å². The van der Waals surface area contributed by atoms with Crippen LogP contribution in [0.15, 0.2) is 70.9 Å². The SMILES string of the molecule is CC1=C(C(N)=O)[C@H](c2ccccc2)N=C(SCc2ccccc2C#N)N1. The Morgan fingerprint density at radius 1 is 1.23 bits per heavy atom. The number of primary amides is 1. The van der Waals surface area contributed by atoms with Crippen molar-refractivity contribution in [2.45, 2.75) is 18.7 Å². The van der Waals surface area contributed by atoms with Gasteiger partial charge >= 0.3 is 0 Å². The molecule has 5 nitrogen and oxygen atoms in total. The second-order valence-corrected chi connectivity index (χ2v) is 6.80. The fraction of sp³-hybridized carbons (Fsp3) is 0.150. The van der Waals surface area contributed by atoms with E-state index in [-0.39, 0.29) is 0 Å². The quantitative estimate of drug-likeness (QED) is 0.873. The van der Waals surface area contributed by atoms with E-state index in [0.29, 0.717) is 27.8 Å². The molecule has 0 radical (unpaired) electrons. The maximum absolute atomic E-state index is 11.9. The van der Waals surface area contributed by atoms with Crippen LogP contribution in [0.1, 0.15) is 29.7 Å². The van der Waals surface area contributed by atoms with E-state index < -0.39 is 11.9 Å². The first-order chi connectivity index (χ1) is 12.6. The molecule has 1 aliphatic rings. The molecule has 0 saturated carbocycles. The lowest BCUT2D eigenvalue weighted by molar-refractivity contribution is -0.114. The predicted molar refractivity (Wildman–Crippen MR) is 104 cm³/mol. The summed E-state index contributed by atoms with van der Waals surface area (Å²) in [6, 6.07) is 18.9. The highest BCUT2D eigenvalue weighted by molar-refractivity contribution is 8.13. The average molecular weight is 362 g/mol. The summed E-state index contributed by atoms with van der Waals surface area (Å²) in [5.41, 5.74) is 9.28. The second kappa shape index (κ2) is 7.89. The van der Waals surface area contributed by atoms with E-state index >= 15 is 0 Å². The number of amidine groups is 1. The highest BCUT2D eigenvalue weighted by Gasteiger charge is 2.27. The molecule has 26 heavy (non-hydrogen) atoms. The maximum atomic E-state index is 11.9. The van der Waals surface area contributed by atoms with Gasteiger partial charge in [0.2, 0.25) is 5.91 Å². The van der Waals surface area contributed by atoms with Crippen LogP contribution in [-0.4, -0.2) is 11.1 Å². The molecule has 0 saturated heterocycles. The number of aliphatic imine (C=N–C) groups is 1. The number of hydrogen-bond acceptors (Lipinski definition) is 5. The lowest BCUT2D eigenvalue weighted by Crippen LogP contribution is -2.32. The number of carbonyl (C=O) groups excluding carboxylic acids is 1. The Morgan fingerprint density at radius 2 is 1.92 bits per heavy atom. The van der Waals surface area contributed by atoms with Crippen molar-refractivity contribution in [3.63, 3.8) is 0 Å². The van der Waals surface area contributed by atoms with E-state index in [9.17, 15) is 10.1 Å². The topological polar surface area (TPSA) is 91.3 Å². The van der Waals surface area contributed by atoms with Gasteiger partial charge in [0.05, 0.1) is 17.2 Å². The van der Waals surface area contributed by atoms with Crippen LogP contribution in [-0.2, 0) is 10.5 Å². The molecule has 130 valence electrons. The summed E-state index contributed by atoms with van der Waals surface area (Å²) in [5.74, 6) is 0.127. The highest BCUT2D eigenvalue weighted by Crippen LogP contribution is 2.32. The van der Waals surface area contributed by atoms with Crippen LogP contribution in [0.5, 0.6) is 0 Å². The second-order valence-electron chi connectivity index (χ2n) is 5.83. The van der Waals surface area contributed by atoms with E-state index in [2.05, 4.69) is 11.4 Å². The van der Waals surface area contributed by atoms with Crippen molar-refractivity contribution >= 4 is 22.8 Å². The van der Waals surface area contributed by atoms with Crippen LogP contribution < -0.4 is 11.1 Å². The zero-order valence-corrected chi connectivity index (χ0v) is 15.1. The minimum atomic E-state index is -0.480. The summed E-state index contributed by atoms with van der Waals surface area (Å²) in [4.78, 5) is 16.6. The fourth-order valence-corrected chi connectivity index (χ4v) is 3.77. The Labute approximate surface area is 156 Å². The Kier molecular flexibility index (Phi) is 5.40. The third-order valence-electron chi connectivity index (χ3n) is 4.10. The Balaban J connectivity index is 1.87. The van der Waals surface area contributed by atoms with Crippen molar-refractivity contribution in [3.05, 3.63) is 82.6 Å².